The van der Waals surface area contributed by atoms with Gasteiger partial charge >= 0.3 is 0 Å². The number of aromatic nitrogens is 3. The van der Waals surface area contributed by atoms with Crippen LogP contribution in [0.4, 0.5) is 0 Å². The molecular formula is C51H28N6. The molecule has 0 aliphatic heterocycles. The summed E-state index contributed by atoms with van der Waals surface area (Å²) in [6, 6.07) is 64.8. The first-order valence-electron chi connectivity index (χ1n) is 18.7. The van der Waals surface area contributed by atoms with E-state index in [2.05, 4.69) is 123 Å². The molecule has 0 atom stereocenters. The van der Waals surface area contributed by atoms with Gasteiger partial charge in [-0.25, -0.2) is 0 Å². The maximum atomic E-state index is 10.7. The van der Waals surface area contributed by atoms with Crippen LogP contribution >= 0.6 is 0 Å². The first-order chi connectivity index (χ1) is 28.1. The summed E-state index contributed by atoms with van der Waals surface area (Å²) in [7, 11) is 0. The van der Waals surface area contributed by atoms with Crippen LogP contribution in [0.15, 0.2) is 170 Å². The monoisotopic (exact) mass is 724 g/mol. The number of benzene rings is 8. The summed E-state index contributed by atoms with van der Waals surface area (Å²) in [5, 5.41) is 36.8. The quantitative estimate of drug-likeness (QED) is 0.181. The molecule has 6 nitrogen and oxygen atoms in total. The van der Waals surface area contributed by atoms with Gasteiger partial charge in [0, 0.05) is 43.6 Å². The molecule has 0 saturated heterocycles. The van der Waals surface area contributed by atoms with E-state index in [1.165, 1.54) is 0 Å². The van der Waals surface area contributed by atoms with E-state index in [1.807, 2.05) is 78.9 Å². The lowest BCUT2D eigenvalue weighted by Gasteiger charge is -2.16. The van der Waals surface area contributed by atoms with Gasteiger partial charge in [-0.1, -0.05) is 84.9 Å². The van der Waals surface area contributed by atoms with Crippen molar-refractivity contribution < 1.29 is 0 Å². The highest BCUT2D eigenvalue weighted by Crippen LogP contribution is 2.41. The molecule has 0 radical (unpaired) electrons. The van der Waals surface area contributed by atoms with Gasteiger partial charge in [-0.05, 0) is 90.5 Å². The Labute approximate surface area is 326 Å². The maximum absolute atomic E-state index is 10.7. The van der Waals surface area contributed by atoms with Crippen molar-refractivity contribution in [3.63, 3.8) is 0 Å². The van der Waals surface area contributed by atoms with Gasteiger partial charge < -0.3 is 13.7 Å². The van der Waals surface area contributed by atoms with E-state index in [0.29, 0.717) is 16.7 Å². The molecule has 0 N–H and O–H groups in total. The highest BCUT2D eigenvalue weighted by Gasteiger charge is 2.21. The Bertz CT molecular complexity index is 3580. The van der Waals surface area contributed by atoms with Crippen LogP contribution in [0.3, 0.4) is 0 Å². The van der Waals surface area contributed by atoms with Crippen LogP contribution in [0, 0.1) is 34.0 Å². The number of hydrogen-bond donors (Lipinski definition) is 0. The molecule has 0 aliphatic rings. The average molecular weight is 725 g/mol. The highest BCUT2D eigenvalue weighted by atomic mass is 15.0. The topological polar surface area (TPSA) is 86.2 Å². The molecule has 0 saturated carbocycles. The maximum Gasteiger partial charge on any atom is 0.101 e. The summed E-state index contributed by atoms with van der Waals surface area (Å²) in [5.74, 6) is 0. The van der Waals surface area contributed by atoms with E-state index in [1.54, 1.807) is 0 Å². The zero-order chi connectivity index (χ0) is 38.2. The molecule has 0 amide bonds. The number of para-hydroxylation sites is 4. The van der Waals surface area contributed by atoms with E-state index in [9.17, 15) is 15.8 Å². The minimum Gasteiger partial charge on any atom is -0.309 e. The lowest BCUT2D eigenvalue weighted by molar-refractivity contribution is 1.15. The van der Waals surface area contributed by atoms with E-state index in [4.69, 9.17) is 0 Å². The lowest BCUT2D eigenvalue weighted by Crippen LogP contribution is -2.00. The summed E-state index contributed by atoms with van der Waals surface area (Å²) < 4.78 is 6.72. The van der Waals surface area contributed by atoms with Crippen molar-refractivity contribution in [3.8, 4) is 46.4 Å². The van der Waals surface area contributed by atoms with Gasteiger partial charge in [-0.2, -0.15) is 15.8 Å². The third-order valence-electron chi connectivity index (χ3n) is 11.3. The Hall–Kier alpha value is -8.37. The summed E-state index contributed by atoms with van der Waals surface area (Å²) in [5.41, 5.74) is 12.5. The van der Waals surface area contributed by atoms with Crippen molar-refractivity contribution in [2.45, 2.75) is 0 Å². The number of nitriles is 3. The van der Waals surface area contributed by atoms with Gasteiger partial charge in [0.15, 0.2) is 0 Å². The van der Waals surface area contributed by atoms with Gasteiger partial charge in [0.05, 0.1) is 73.3 Å². The minimum atomic E-state index is 0.572. The van der Waals surface area contributed by atoms with Crippen molar-refractivity contribution in [1.29, 1.82) is 15.8 Å². The molecule has 57 heavy (non-hydrogen) atoms. The van der Waals surface area contributed by atoms with Crippen LogP contribution in [0.5, 0.6) is 0 Å². The first kappa shape index (κ1) is 32.1. The van der Waals surface area contributed by atoms with Gasteiger partial charge in [0.25, 0.3) is 0 Å². The Kier molecular flexibility index (Phi) is 6.95. The van der Waals surface area contributed by atoms with E-state index < -0.39 is 0 Å². The van der Waals surface area contributed by atoms with Crippen LogP contribution in [-0.2, 0) is 0 Å². The molecule has 11 aromatic rings. The molecule has 3 heterocycles. The SMILES string of the molecule is N#Cc1ccc2c(c1)c1ccccc1n2-c1ccc2c3cc(C#N)ccc3n(-c3ccccc3-c3ccc(-n4c5ccccc5c5ccccc54)c(C#N)c3)c2c1. The zero-order valence-corrected chi connectivity index (χ0v) is 30.3. The lowest BCUT2D eigenvalue weighted by atomic mass is 10.00. The van der Waals surface area contributed by atoms with Gasteiger partial charge in [0.1, 0.15) is 6.07 Å². The fourth-order valence-electron chi connectivity index (χ4n) is 8.88. The predicted octanol–water partition coefficient (Wildman–Crippen LogP) is 12.3. The van der Waals surface area contributed by atoms with Crippen LogP contribution < -0.4 is 0 Å². The van der Waals surface area contributed by atoms with E-state index in [-0.39, 0.29) is 0 Å². The number of nitrogens with zero attached hydrogens (tertiary/aromatic N) is 6. The fourth-order valence-corrected chi connectivity index (χ4v) is 8.88. The molecule has 0 bridgehead atoms. The molecule has 262 valence electrons. The second kappa shape index (κ2) is 12.3. The molecule has 0 spiro atoms. The summed E-state index contributed by atoms with van der Waals surface area (Å²) in [4.78, 5) is 0. The number of hydrogen-bond acceptors (Lipinski definition) is 3. The third-order valence-corrected chi connectivity index (χ3v) is 11.3. The molecule has 8 aromatic carbocycles. The third kappa shape index (κ3) is 4.68. The van der Waals surface area contributed by atoms with Crippen LogP contribution in [0.1, 0.15) is 16.7 Å². The minimum absolute atomic E-state index is 0.572. The fraction of sp³-hybridized carbons (Fsp3) is 0. The van der Waals surface area contributed by atoms with E-state index in [0.717, 1.165) is 93.6 Å². The second-order valence-corrected chi connectivity index (χ2v) is 14.3. The van der Waals surface area contributed by atoms with Gasteiger partial charge in [0.2, 0.25) is 0 Å². The van der Waals surface area contributed by atoms with Crippen LogP contribution in [0.25, 0.3) is 93.6 Å². The van der Waals surface area contributed by atoms with Crippen molar-refractivity contribution in [1.82, 2.24) is 13.7 Å². The van der Waals surface area contributed by atoms with Crippen LogP contribution in [0.2, 0.25) is 0 Å². The van der Waals surface area contributed by atoms with Gasteiger partial charge in [-0.15, -0.1) is 0 Å². The molecular weight excluding hydrogens is 697 g/mol. The Balaban J connectivity index is 1.15. The highest BCUT2D eigenvalue weighted by molar-refractivity contribution is 6.13. The van der Waals surface area contributed by atoms with E-state index >= 15 is 0 Å². The Morgan fingerprint density at radius 3 is 1.47 bits per heavy atom. The smallest absolute Gasteiger partial charge is 0.101 e. The van der Waals surface area contributed by atoms with Crippen molar-refractivity contribution in [2.75, 3.05) is 0 Å². The average Bonchev–Trinajstić information content (AvgIpc) is 3.90. The molecule has 0 unspecified atom stereocenters. The summed E-state index contributed by atoms with van der Waals surface area (Å²) in [6.45, 7) is 0. The van der Waals surface area contributed by atoms with Crippen LogP contribution in [-0.4, -0.2) is 13.7 Å². The molecule has 0 aliphatic carbocycles. The summed E-state index contributed by atoms with van der Waals surface area (Å²) >= 11 is 0. The number of fused-ring (bicyclic) bond motifs is 9. The van der Waals surface area contributed by atoms with Gasteiger partial charge in [-0.3, -0.25) is 0 Å². The van der Waals surface area contributed by atoms with Crippen molar-refractivity contribution >= 4 is 65.4 Å². The largest absolute Gasteiger partial charge is 0.309 e. The predicted molar refractivity (Wildman–Crippen MR) is 229 cm³/mol. The normalized spacial score (nSPS) is 11.5. The molecule has 0 fully saturated rings. The Morgan fingerprint density at radius 2 is 0.842 bits per heavy atom. The van der Waals surface area contributed by atoms with Crippen molar-refractivity contribution in [3.05, 3.63) is 187 Å². The van der Waals surface area contributed by atoms with Crippen molar-refractivity contribution in [2.24, 2.45) is 0 Å². The Morgan fingerprint density at radius 1 is 0.333 bits per heavy atom. The second-order valence-electron chi connectivity index (χ2n) is 14.3. The molecule has 11 rings (SSSR count). The molecule has 3 aromatic heterocycles. The molecule has 6 heteroatoms. The first-order valence-corrected chi connectivity index (χ1v) is 18.7. The standard InChI is InChI=1S/C51H28N6/c52-29-32-17-22-49-42(25-32)40-12-4-6-14-46(40)55(49)36-20-21-41-43-26-33(30-53)18-23-50(43)57(51(41)28-36)45-13-5-1-9-37(45)34-19-24-44(35(27-34)31-54)56-47-15-7-2-10-38(47)39-11-3-8-16-48(39)56/h1-28H. The zero-order valence-electron chi connectivity index (χ0n) is 30.3. The summed E-state index contributed by atoms with van der Waals surface area (Å²) in [6.07, 6.45) is 0. The number of rotatable bonds is 4.